The fourth-order valence-electron chi connectivity index (χ4n) is 3.62. The average molecular weight is 460 g/mol. The van der Waals surface area contributed by atoms with Crippen LogP contribution in [0.25, 0.3) is 5.70 Å². The zero-order valence-corrected chi connectivity index (χ0v) is 18.3. The molecule has 0 spiro atoms. The van der Waals surface area contributed by atoms with E-state index in [1.807, 2.05) is 55.5 Å². The second kappa shape index (κ2) is 8.52. The monoisotopic (exact) mass is 459 g/mol. The zero-order chi connectivity index (χ0) is 22.9. The number of hydrogen-bond donors (Lipinski definition) is 2. The van der Waals surface area contributed by atoms with Crippen molar-refractivity contribution >= 4 is 35.1 Å². The Labute approximate surface area is 194 Å². The molecule has 1 aliphatic heterocycles. The minimum absolute atomic E-state index is 0.143. The first-order valence-electron chi connectivity index (χ1n) is 10.3. The first-order valence-corrected chi connectivity index (χ1v) is 10.7. The highest BCUT2D eigenvalue weighted by Gasteiger charge is 2.26. The molecule has 0 aliphatic carbocycles. The van der Waals surface area contributed by atoms with Gasteiger partial charge in [-0.05, 0) is 60.5 Å². The van der Waals surface area contributed by atoms with Crippen molar-refractivity contribution < 1.29 is 9.18 Å². The van der Waals surface area contributed by atoms with Gasteiger partial charge in [0.05, 0.1) is 0 Å². The van der Waals surface area contributed by atoms with Gasteiger partial charge in [0.25, 0.3) is 11.9 Å². The molecule has 0 bridgehead atoms. The molecule has 0 radical (unpaired) electrons. The number of allylic oxidation sites excluding steroid dienone is 1. The van der Waals surface area contributed by atoms with E-state index in [1.165, 1.54) is 29.8 Å². The van der Waals surface area contributed by atoms with E-state index in [0.717, 1.165) is 16.8 Å². The summed E-state index contributed by atoms with van der Waals surface area (Å²) in [5.41, 5.74) is 4.33. The van der Waals surface area contributed by atoms with Gasteiger partial charge in [0.1, 0.15) is 11.9 Å². The molecular weight excluding hydrogens is 441 g/mol. The first kappa shape index (κ1) is 20.9. The Morgan fingerprint density at radius 1 is 1.03 bits per heavy atom. The van der Waals surface area contributed by atoms with Crippen LogP contribution in [0.2, 0.25) is 5.02 Å². The smallest absolute Gasteiger partial charge is 0.258 e. The lowest BCUT2D eigenvalue weighted by molar-refractivity contribution is 0.102. The summed E-state index contributed by atoms with van der Waals surface area (Å²) >= 11 is 6.09. The van der Waals surface area contributed by atoms with Crippen LogP contribution in [0.15, 0.2) is 78.9 Å². The number of nitrogens with one attached hydrogen (secondary N) is 2. The maximum Gasteiger partial charge on any atom is 0.258 e. The second-order valence-corrected chi connectivity index (χ2v) is 8.17. The van der Waals surface area contributed by atoms with E-state index in [0.29, 0.717) is 16.5 Å². The van der Waals surface area contributed by atoms with Crippen molar-refractivity contribution in [3.63, 3.8) is 0 Å². The lowest BCUT2D eigenvalue weighted by Gasteiger charge is -2.24. The van der Waals surface area contributed by atoms with Crippen LogP contribution in [0, 0.1) is 12.7 Å². The molecule has 0 fully saturated rings. The molecule has 2 N–H and O–H groups in total. The van der Waals surface area contributed by atoms with E-state index in [-0.39, 0.29) is 12.0 Å². The number of benzene rings is 3. The molecule has 0 saturated carbocycles. The first-order chi connectivity index (χ1) is 16.0. The zero-order valence-electron chi connectivity index (χ0n) is 17.6. The van der Waals surface area contributed by atoms with Crippen LogP contribution < -0.4 is 10.6 Å². The minimum Gasteiger partial charge on any atom is -0.324 e. The van der Waals surface area contributed by atoms with E-state index < -0.39 is 11.7 Å². The Kier molecular flexibility index (Phi) is 5.40. The Morgan fingerprint density at radius 2 is 1.73 bits per heavy atom. The summed E-state index contributed by atoms with van der Waals surface area (Å²) in [7, 11) is 0. The quantitative estimate of drug-likeness (QED) is 0.411. The highest BCUT2D eigenvalue weighted by atomic mass is 35.5. The van der Waals surface area contributed by atoms with Crippen molar-refractivity contribution in [3.8, 4) is 0 Å². The molecule has 6 nitrogen and oxygen atoms in total. The van der Waals surface area contributed by atoms with Crippen LogP contribution >= 0.6 is 11.6 Å². The van der Waals surface area contributed by atoms with E-state index in [4.69, 9.17) is 11.6 Å². The van der Waals surface area contributed by atoms with Gasteiger partial charge in [0.15, 0.2) is 0 Å². The molecule has 1 aromatic heterocycles. The predicted molar refractivity (Wildman–Crippen MR) is 127 cm³/mol. The highest BCUT2D eigenvalue weighted by molar-refractivity contribution is 6.30. The summed E-state index contributed by atoms with van der Waals surface area (Å²) in [6.07, 6.45) is 2.06. The number of aryl methyl sites for hydroxylation is 1. The lowest BCUT2D eigenvalue weighted by Crippen LogP contribution is -2.20. The molecule has 3 aromatic carbocycles. The van der Waals surface area contributed by atoms with Crippen molar-refractivity contribution in [2.24, 2.45) is 0 Å². The molecule has 33 heavy (non-hydrogen) atoms. The largest absolute Gasteiger partial charge is 0.324 e. The molecule has 8 heteroatoms. The fraction of sp³-hybridized carbons (Fsp3) is 0.0800. The molecule has 2 heterocycles. The van der Waals surface area contributed by atoms with Gasteiger partial charge >= 0.3 is 0 Å². The standard InChI is InChI=1S/C25H19ClFN5O/c1-15-2-4-16(5-3-15)21-14-22(17-6-10-19(26)11-7-17)32-25(28-21)30-24(31-32)29-23(33)18-8-12-20(27)13-9-18/h2-14,22H,1H3,(H2,28,29,30,31,33)/t22-/m0/s1. The number of carbonyl (C=O) groups excluding carboxylic acids is 1. The third-order valence-corrected chi connectivity index (χ3v) is 5.62. The number of fused-ring (bicyclic) bond motifs is 1. The van der Waals surface area contributed by atoms with E-state index in [1.54, 1.807) is 4.68 Å². The molecule has 5 rings (SSSR count). The van der Waals surface area contributed by atoms with Gasteiger partial charge in [-0.3, -0.25) is 10.1 Å². The van der Waals surface area contributed by atoms with E-state index in [2.05, 4.69) is 26.8 Å². The number of amides is 1. The van der Waals surface area contributed by atoms with Gasteiger partial charge in [-0.2, -0.15) is 4.98 Å². The van der Waals surface area contributed by atoms with Crippen LogP contribution in [-0.4, -0.2) is 20.7 Å². The van der Waals surface area contributed by atoms with Crippen LogP contribution in [-0.2, 0) is 0 Å². The third-order valence-electron chi connectivity index (χ3n) is 5.37. The molecule has 1 atom stereocenters. The van der Waals surface area contributed by atoms with Gasteiger partial charge in [-0.15, -0.1) is 5.10 Å². The van der Waals surface area contributed by atoms with Crippen LogP contribution in [0.3, 0.4) is 0 Å². The van der Waals surface area contributed by atoms with Gasteiger partial charge < -0.3 is 5.32 Å². The van der Waals surface area contributed by atoms with E-state index >= 15 is 0 Å². The van der Waals surface area contributed by atoms with Gasteiger partial charge in [-0.1, -0.05) is 53.6 Å². The van der Waals surface area contributed by atoms with Crippen molar-refractivity contribution in [3.05, 3.63) is 112 Å². The number of nitrogens with zero attached hydrogens (tertiary/aromatic N) is 3. The molecular formula is C25H19ClFN5O. The summed E-state index contributed by atoms with van der Waals surface area (Å²) in [5.74, 6) is -0.202. The Hall–Kier alpha value is -3.97. The summed E-state index contributed by atoms with van der Waals surface area (Å²) in [6.45, 7) is 2.04. The lowest BCUT2D eigenvalue weighted by atomic mass is 10.0. The second-order valence-electron chi connectivity index (χ2n) is 7.73. The van der Waals surface area contributed by atoms with Crippen molar-refractivity contribution in [2.75, 3.05) is 10.6 Å². The Balaban J connectivity index is 1.50. The summed E-state index contributed by atoms with van der Waals surface area (Å²) in [6, 6.07) is 20.7. The number of rotatable bonds is 4. The average Bonchev–Trinajstić information content (AvgIpc) is 3.22. The summed E-state index contributed by atoms with van der Waals surface area (Å²) in [5, 5.41) is 11.2. The molecule has 1 aliphatic rings. The highest BCUT2D eigenvalue weighted by Crippen LogP contribution is 2.33. The normalized spacial score (nSPS) is 14.8. The van der Waals surface area contributed by atoms with Gasteiger partial charge in [-0.25, -0.2) is 9.07 Å². The summed E-state index contributed by atoms with van der Waals surface area (Å²) in [4.78, 5) is 17.1. The van der Waals surface area contributed by atoms with Crippen LogP contribution in [0.4, 0.5) is 16.3 Å². The Bertz CT molecular complexity index is 1350. The van der Waals surface area contributed by atoms with Crippen LogP contribution in [0.5, 0.6) is 0 Å². The predicted octanol–water partition coefficient (Wildman–Crippen LogP) is 5.69. The van der Waals surface area contributed by atoms with Crippen molar-refractivity contribution in [2.45, 2.75) is 13.0 Å². The maximum atomic E-state index is 13.2. The fourth-order valence-corrected chi connectivity index (χ4v) is 3.75. The maximum absolute atomic E-state index is 13.2. The van der Waals surface area contributed by atoms with Gasteiger partial charge in [0.2, 0.25) is 5.95 Å². The number of aromatic nitrogens is 3. The number of carbonyl (C=O) groups is 1. The van der Waals surface area contributed by atoms with Crippen molar-refractivity contribution in [1.29, 1.82) is 0 Å². The minimum atomic E-state index is -0.423. The number of anilines is 2. The van der Waals surface area contributed by atoms with E-state index in [9.17, 15) is 9.18 Å². The van der Waals surface area contributed by atoms with Gasteiger partial charge in [0, 0.05) is 16.3 Å². The topological polar surface area (TPSA) is 71.8 Å². The Morgan fingerprint density at radius 3 is 2.42 bits per heavy atom. The molecule has 0 unspecified atom stereocenters. The molecule has 164 valence electrons. The SMILES string of the molecule is Cc1ccc(C2=C[C@@H](c3ccc(Cl)cc3)n3nc(NC(=O)c4ccc(F)cc4)nc3N2)cc1. The number of halogens is 2. The third kappa shape index (κ3) is 4.36. The number of hydrogen-bond acceptors (Lipinski definition) is 4. The molecule has 0 saturated heterocycles. The summed E-state index contributed by atoms with van der Waals surface area (Å²) < 4.78 is 14.9. The molecule has 1 amide bonds. The molecule has 4 aromatic rings. The van der Waals surface area contributed by atoms with Crippen LogP contribution in [0.1, 0.15) is 33.1 Å². The van der Waals surface area contributed by atoms with Crippen molar-refractivity contribution in [1.82, 2.24) is 14.8 Å².